The first-order valence-corrected chi connectivity index (χ1v) is 9.32. The summed E-state index contributed by atoms with van der Waals surface area (Å²) in [5.74, 6) is -0.575. The number of benzene rings is 1. The molecule has 0 saturated heterocycles. The summed E-state index contributed by atoms with van der Waals surface area (Å²) >= 11 is 8.72. The van der Waals surface area contributed by atoms with Gasteiger partial charge in [-0.3, -0.25) is 9.59 Å². The zero-order valence-corrected chi connectivity index (χ0v) is 15.2. The molecule has 25 heavy (non-hydrogen) atoms. The van der Waals surface area contributed by atoms with Gasteiger partial charge in [-0.15, -0.1) is 22.7 Å². The Balaban J connectivity index is 1.73. The largest absolute Gasteiger partial charge is 0.482 e. The Hall–Kier alpha value is -2.35. The topological polar surface area (TPSA) is 81.4 Å². The predicted molar refractivity (Wildman–Crippen MR) is 102 cm³/mol. The van der Waals surface area contributed by atoms with Crippen molar-refractivity contribution in [1.29, 1.82) is 0 Å². The fraction of sp³-hybridized carbons (Fsp3) is 0.0588. The third kappa shape index (κ3) is 4.01. The molecular weight excluding hydrogens is 380 g/mol. The van der Waals surface area contributed by atoms with Gasteiger partial charge in [0.2, 0.25) is 0 Å². The molecule has 0 fully saturated rings. The highest BCUT2D eigenvalue weighted by Gasteiger charge is 2.20. The summed E-state index contributed by atoms with van der Waals surface area (Å²) in [6, 6.07) is 10.7. The average Bonchev–Trinajstić information content (AvgIpc) is 3.23. The van der Waals surface area contributed by atoms with Gasteiger partial charge in [0.25, 0.3) is 11.8 Å². The first-order chi connectivity index (χ1) is 12.1. The van der Waals surface area contributed by atoms with Crippen LogP contribution in [0.2, 0.25) is 5.02 Å². The number of nitrogens with one attached hydrogen (secondary N) is 1. The number of thiophene rings is 2. The Morgan fingerprint density at radius 1 is 1.16 bits per heavy atom. The van der Waals surface area contributed by atoms with Crippen molar-refractivity contribution in [1.82, 2.24) is 0 Å². The molecular formula is C17H13ClN2O3S2. The van der Waals surface area contributed by atoms with Crippen LogP contribution < -0.4 is 15.8 Å². The van der Waals surface area contributed by atoms with Crippen LogP contribution in [0, 0.1) is 0 Å². The van der Waals surface area contributed by atoms with Crippen molar-refractivity contribution in [3.05, 3.63) is 57.7 Å². The minimum Gasteiger partial charge on any atom is -0.482 e. The van der Waals surface area contributed by atoms with Crippen LogP contribution in [0.15, 0.2) is 47.2 Å². The Kier molecular flexibility index (Phi) is 5.37. The van der Waals surface area contributed by atoms with Gasteiger partial charge in [0.1, 0.15) is 10.8 Å². The van der Waals surface area contributed by atoms with Crippen molar-refractivity contribution >= 4 is 51.1 Å². The molecule has 0 aliphatic heterocycles. The molecule has 0 unspecified atom stereocenters. The number of hydrogen-bond donors (Lipinski definition) is 2. The number of para-hydroxylation sites is 1. The number of hydrogen-bond acceptors (Lipinski definition) is 5. The zero-order valence-electron chi connectivity index (χ0n) is 12.8. The predicted octanol–water partition coefficient (Wildman–Crippen LogP) is 4.25. The van der Waals surface area contributed by atoms with E-state index >= 15 is 0 Å². The van der Waals surface area contributed by atoms with Crippen LogP contribution >= 0.6 is 34.3 Å². The average molecular weight is 393 g/mol. The van der Waals surface area contributed by atoms with Crippen molar-refractivity contribution < 1.29 is 14.3 Å². The Labute approximate surface area is 157 Å². The number of nitrogens with two attached hydrogens (primary N) is 1. The fourth-order valence-electron chi connectivity index (χ4n) is 2.18. The Morgan fingerprint density at radius 3 is 2.64 bits per heavy atom. The molecule has 3 aromatic rings. The highest BCUT2D eigenvalue weighted by molar-refractivity contribution is 7.17. The number of carbonyl (C=O) groups is 2. The molecule has 3 rings (SSSR count). The van der Waals surface area contributed by atoms with E-state index < -0.39 is 11.8 Å². The lowest BCUT2D eigenvalue weighted by Gasteiger charge is -2.08. The van der Waals surface area contributed by atoms with E-state index in [4.69, 9.17) is 22.1 Å². The summed E-state index contributed by atoms with van der Waals surface area (Å²) in [6.07, 6.45) is 0. The molecule has 0 bridgehead atoms. The molecule has 2 amide bonds. The van der Waals surface area contributed by atoms with Crippen molar-refractivity contribution in [2.75, 3.05) is 11.9 Å². The zero-order chi connectivity index (χ0) is 17.8. The second-order valence-corrected chi connectivity index (χ2v) is 7.20. The minimum atomic E-state index is -0.591. The number of primary amides is 1. The number of anilines is 1. The summed E-state index contributed by atoms with van der Waals surface area (Å²) in [5, 5.41) is 7.22. The number of carbonyl (C=O) groups excluding carboxylic acids is 2. The molecule has 8 heteroatoms. The van der Waals surface area contributed by atoms with Gasteiger partial charge >= 0.3 is 0 Å². The van der Waals surface area contributed by atoms with E-state index in [0.29, 0.717) is 21.3 Å². The van der Waals surface area contributed by atoms with E-state index in [0.717, 1.165) is 10.4 Å². The molecule has 0 radical (unpaired) electrons. The van der Waals surface area contributed by atoms with E-state index in [1.165, 1.54) is 22.7 Å². The van der Waals surface area contributed by atoms with Crippen LogP contribution in [-0.2, 0) is 4.79 Å². The molecule has 0 spiro atoms. The molecule has 0 aliphatic carbocycles. The maximum absolute atomic E-state index is 12.1. The summed E-state index contributed by atoms with van der Waals surface area (Å²) in [5.41, 5.74) is 6.52. The van der Waals surface area contributed by atoms with E-state index in [2.05, 4.69) is 5.32 Å². The van der Waals surface area contributed by atoms with Gasteiger partial charge in [0.05, 0.1) is 10.6 Å². The fourth-order valence-corrected chi connectivity index (χ4v) is 4.17. The van der Waals surface area contributed by atoms with Gasteiger partial charge in [-0.1, -0.05) is 29.8 Å². The van der Waals surface area contributed by atoms with Crippen LogP contribution in [0.25, 0.3) is 10.4 Å². The summed E-state index contributed by atoms with van der Waals surface area (Å²) in [4.78, 5) is 24.9. The molecule has 2 aromatic heterocycles. The van der Waals surface area contributed by atoms with Crippen LogP contribution in [0.4, 0.5) is 5.00 Å². The van der Waals surface area contributed by atoms with Crippen molar-refractivity contribution in [3.8, 4) is 16.2 Å². The van der Waals surface area contributed by atoms with Gasteiger partial charge in [-0.2, -0.15) is 0 Å². The smallest absolute Gasteiger partial charge is 0.262 e. The number of ether oxygens (including phenoxy) is 1. The number of amides is 2. The molecule has 0 aliphatic rings. The van der Waals surface area contributed by atoms with E-state index in [1.807, 2.05) is 17.5 Å². The van der Waals surface area contributed by atoms with Crippen molar-refractivity contribution in [3.63, 3.8) is 0 Å². The summed E-state index contributed by atoms with van der Waals surface area (Å²) in [6.45, 7) is -0.228. The minimum absolute atomic E-state index is 0.228. The lowest BCUT2D eigenvalue weighted by atomic mass is 10.1. The molecule has 2 heterocycles. The van der Waals surface area contributed by atoms with Gasteiger partial charge in [0.15, 0.2) is 6.61 Å². The van der Waals surface area contributed by atoms with Crippen LogP contribution in [0.3, 0.4) is 0 Å². The Morgan fingerprint density at radius 2 is 1.96 bits per heavy atom. The van der Waals surface area contributed by atoms with Gasteiger partial charge < -0.3 is 15.8 Å². The lowest BCUT2D eigenvalue weighted by molar-refractivity contribution is -0.118. The van der Waals surface area contributed by atoms with E-state index in [9.17, 15) is 9.59 Å². The molecule has 1 aromatic carbocycles. The lowest BCUT2D eigenvalue weighted by Crippen LogP contribution is -2.22. The quantitative estimate of drug-likeness (QED) is 0.658. The van der Waals surface area contributed by atoms with Crippen molar-refractivity contribution in [2.45, 2.75) is 0 Å². The van der Waals surface area contributed by atoms with Gasteiger partial charge in [0, 0.05) is 15.8 Å². The summed E-state index contributed by atoms with van der Waals surface area (Å²) < 4.78 is 5.40. The second kappa shape index (κ2) is 7.69. The second-order valence-electron chi connectivity index (χ2n) is 4.96. The Bertz CT molecular complexity index is 907. The molecule has 5 nitrogen and oxygen atoms in total. The van der Waals surface area contributed by atoms with Crippen LogP contribution in [0.5, 0.6) is 5.75 Å². The van der Waals surface area contributed by atoms with E-state index in [1.54, 1.807) is 29.6 Å². The van der Waals surface area contributed by atoms with Crippen LogP contribution in [-0.4, -0.2) is 18.4 Å². The first-order valence-electron chi connectivity index (χ1n) is 7.18. The third-order valence-corrected chi connectivity index (χ3v) is 5.38. The first kappa shape index (κ1) is 17.5. The number of halogens is 1. The molecule has 3 N–H and O–H groups in total. The normalized spacial score (nSPS) is 10.4. The van der Waals surface area contributed by atoms with Gasteiger partial charge in [-0.05, 0) is 23.6 Å². The maximum Gasteiger partial charge on any atom is 0.262 e. The highest BCUT2D eigenvalue weighted by Crippen LogP contribution is 2.37. The SMILES string of the molecule is NC(=O)c1c(-c2cccs2)csc1NC(=O)COc1ccccc1Cl. The van der Waals surface area contributed by atoms with E-state index in [-0.39, 0.29) is 6.61 Å². The molecule has 128 valence electrons. The van der Waals surface area contributed by atoms with Gasteiger partial charge in [-0.25, -0.2) is 0 Å². The third-order valence-electron chi connectivity index (χ3n) is 3.27. The number of rotatable bonds is 6. The van der Waals surface area contributed by atoms with Crippen LogP contribution in [0.1, 0.15) is 10.4 Å². The maximum atomic E-state index is 12.1. The molecule has 0 saturated carbocycles. The summed E-state index contributed by atoms with van der Waals surface area (Å²) in [7, 11) is 0. The standard InChI is InChI=1S/C17H13ClN2O3S2/c18-11-4-1-2-5-12(11)23-8-14(21)20-17-15(16(19)22)10(9-25-17)13-6-3-7-24-13/h1-7,9H,8H2,(H2,19,22)(H,20,21). The molecule has 0 atom stereocenters. The van der Waals surface area contributed by atoms with Crippen molar-refractivity contribution in [2.24, 2.45) is 5.73 Å². The highest BCUT2D eigenvalue weighted by atomic mass is 35.5. The monoisotopic (exact) mass is 392 g/mol.